The van der Waals surface area contributed by atoms with E-state index in [0.717, 1.165) is 11.3 Å². The Morgan fingerprint density at radius 2 is 2.45 bits per heavy atom. The van der Waals surface area contributed by atoms with Crippen LogP contribution in [0.15, 0.2) is 18.3 Å². The Hall–Kier alpha value is -1.38. The summed E-state index contributed by atoms with van der Waals surface area (Å²) in [5.74, 6) is 0.0884. The predicted octanol–water partition coefficient (Wildman–Crippen LogP) is 0.254. The molecule has 0 saturated heterocycles. The van der Waals surface area contributed by atoms with E-state index in [1.807, 2.05) is 12.1 Å². The van der Waals surface area contributed by atoms with Crippen LogP contribution in [0.1, 0.15) is 11.3 Å². The molecule has 3 heteroatoms. The lowest BCUT2D eigenvalue weighted by atomic mass is 10.1. The van der Waals surface area contributed by atoms with E-state index in [1.54, 1.807) is 6.20 Å². The second-order valence-corrected chi connectivity index (χ2v) is 2.56. The molecule has 0 bridgehead atoms. The van der Waals surface area contributed by atoms with Gasteiger partial charge in [-0.2, -0.15) is 0 Å². The van der Waals surface area contributed by atoms with Gasteiger partial charge in [-0.15, -0.1) is 0 Å². The monoisotopic (exact) mass is 148 g/mol. The summed E-state index contributed by atoms with van der Waals surface area (Å²) in [5, 5.41) is 2.74. The van der Waals surface area contributed by atoms with Gasteiger partial charge in [-0.3, -0.25) is 9.78 Å². The molecule has 0 spiro atoms. The average molecular weight is 148 g/mol. The van der Waals surface area contributed by atoms with E-state index in [1.165, 1.54) is 0 Å². The Kier molecular flexibility index (Phi) is 1.35. The number of hydrogen-bond acceptors (Lipinski definition) is 2. The van der Waals surface area contributed by atoms with Crippen molar-refractivity contribution >= 4 is 5.91 Å². The van der Waals surface area contributed by atoms with Crippen LogP contribution in [0.2, 0.25) is 0 Å². The first kappa shape index (κ1) is 6.34. The van der Waals surface area contributed by atoms with E-state index < -0.39 is 0 Å². The molecule has 2 rings (SSSR count). The highest BCUT2D eigenvalue weighted by Crippen LogP contribution is 2.09. The number of amides is 1. The highest BCUT2D eigenvalue weighted by Gasteiger charge is 2.13. The minimum Gasteiger partial charge on any atom is -0.350 e. The zero-order chi connectivity index (χ0) is 7.68. The van der Waals surface area contributed by atoms with Gasteiger partial charge in [0.15, 0.2) is 0 Å². The van der Waals surface area contributed by atoms with Gasteiger partial charge in [-0.05, 0) is 11.6 Å². The van der Waals surface area contributed by atoms with Crippen LogP contribution in [0.4, 0.5) is 0 Å². The Balaban J connectivity index is 2.41. The molecule has 1 aromatic rings. The van der Waals surface area contributed by atoms with Crippen LogP contribution < -0.4 is 5.32 Å². The molecule has 0 atom stereocenters. The van der Waals surface area contributed by atoms with E-state index in [2.05, 4.69) is 10.3 Å². The number of pyridine rings is 1. The molecule has 0 fully saturated rings. The van der Waals surface area contributed by atoms with Crippen molar-refractivity contribution < 1.29 is 4.79 Å². The molecule has 2 heterocycles. The minimum absolute atomic E-state index is 0.0884. The summed E-state index contributed by atoms with van der Waals surface area (Å²) >= 11 is 0. The number of rotatable bonds is 0. The predicted molar refractivity (Wildman–Crippen MR) is 39.8 cm³/mol. The van der Waals surface area contributed by atoms with Crippen molar-refractivity contribution in [1.29, 1.82) is 0 Å². The second kappa shape index (κ2) is 2.34. The van der Waals surface area contributed by atoms with Crippen molar-refractivity contribution in [3.63, 3.8) is 0 Å². The normalized spacial score (nSPS) is 15.5. The summed E-state index contributed by atoms with van der Waals surface area (Å²) in [5.41, 5.74) is 2.04. The van der Waals surface area contributed by atoms with E-state index in [9.17, 15) is 4.79 Å². The van der Waals surface area contributed by atoms with Gasteiger partial charge in [0.1, 0.15) is 0 Å². The third kappa shape index (κ3) is 1.09. The van der Waals surface area contributed by atoms with Crippen LogP contribution >= 0.6 is 0 Å². The molecule has 1 N–H and O–H groups in total. The number of nitrogens with one attached hydrogen (secondary N) is 1. The topological polar surface area (TPSA) is 42.0 Å². The summed E-state index contributed by atoms with van der Waals surface area (Å²) < 4.78 is 0. The lowest BCUT2D eigenvalue weighted by molar-refractivity contribution is -0.121. The zero-order valence-corrected chi connectivity index (χ0v) is 6.00. The molecular weight excluding hydrogens is 140 g/mol. The van der Waals surface area contributed by atoms with Crippen LogP contribution in [0, 0.1) is 0 Å². The van der Waals surface area contributed by atoms with Gasteiger partial charge in [0.2, 0.25) is 5.91 Å². The van der Waals surface area contributed by atoms with E-state index in [4.69, 9.17) is 0 Å². The fourth-order valence-electron chi connectivity index (χ4n) is 1.21. The number of aromatic nitrogens is 1. The molecule has 0 unspecified atom stereocenters. The molecule has 11 heavy (non-hydrogen) atoms. The highest BCUT2D eigenvalue weighted by atomic mass is 16.1. The standard InChI is InChI=1S/C8H8N2O/c11-8-4-6-2-1-3-9-7(6)5-10-8/h1-3H,4-5H2,(H,10,11). The molecule has 1 aromatic heterocycles. The van der Waals surface area contributed by atoms with Gasteiger partial charge in [0.25, 0.3) is 0 Å². The van der Waals surface area contributed by atoms with Crippen molar-refractivity contribution in [2.45, 2.75) is 13.0 Å². The van der Waals surface area contributed by atoms with Crippen LogP contribution in [-0.4, -0.2) is 10.9 Å². The molecule has 0 aliphatic carbocycles. The summed E-state index contributed by atoms with van der Waals surface area (Å²) in [7, 11) is 0. The van der Waals surface area contributed by atoms with Gasteiger partial charge < -0.3 is 5.32 Å². The van der Waals surface area contributed by atoms with Crippen molar-refractivity contribution in [2.24, 2.45) is 0 Å². The third-order valence-corrected chi connectivity index (χ3v) is 1.79. The SMILES string of the molecule is O=C1Cc2cccnc2CN1. The van der Waals surface area contributed by atoms with Crippen molar-refractivity contribution in [3.8, 4) is 0 Å². The number of carbonyl (C=O) groups is 1. The fraction of sp³-hybridized carbons (Fsp3) is 0.250. The van der Waals surface area contributed by atoms with Crippen molar-refractivity contribution in [1.82, 2.24) is 10.3 Å². The first-order valence-corrected chi connectivity index (χ1v) is 3.56. The van der Waals surface area contributed by atoms with Crippen LogP contribution in [0.25, 0.3) is 0 Å². The Labute approximate surface area is 64.5 Å². The maximum atomic E-state index is 10.9. The second-order valence-electron chi connectivity index (χ2n) is 2.56. The number of hydrogen-bond donors (Lipinski definition) is 1. The fourth-order valence-corrected chi connectivity index (χ4v) is 1.21. The molecular formula is C8H8N2O. The summed E-state index contributed by atoms with van der Waals surface area (Å²) in [6.07, 6.45) is 2.22. The lowest BCUT2D eigenvalue weighted by Gasteiger charge is -2.14. The highest BCUT2D eigenvalue weighted by molar-refractivity contribution is 5.80. The van der Waals surface area contributed by atoms with Crippen molar-refractivity contribution in [2.75, 3.05) is 0 Å². The molecule has 3 nitrogen and oxygen atoms in total. The number of carbonyl (C=O) groups excluding carboxylic acids is 1. The molecule has 0 radical (unpaired) electrons. The maximum Gasteiger partial charge on any atom is 0.224 e. The molecule has 56 valence electrons. The average Bonchev–Trinajstić information content (AvgIpc) is 2.04. The van der Waals surface area contributed by atoms with Gasteiger partial charge in [0.05, 0.1) is 18.7 Å². The first-order valence-electron chi connectivity index (χ1n) is 3.56. The Bertz CT molecular complexity index is 296. The van der Waals surface area contributed by atoms with Crippen molar-refractivity contribution in [3.05, 3.63) is 29.6 Å². The summed E-state index contributed by atoms with van der Waals surface area (Å²) in [6, 6.07) is 3.80. The first-order chi connectivity index (χ1) is 5.36. The Morgan fingerprint density at radius 3 is 3.36 bits per heavy atom. The Morgan fingerprint density at radius 1 is 1.55 bits per heavy atom. The molecule has 0 aromatic carbocycles. The summed E-state index contributed by atoms with van der Waals surface area (Å²) in [4.78, 5) is 15.0. The third-order valence-electron chi connectivity index (χ3n) is 1.79. The minimum atomic E-state index is 0.0884. The number of fused-ring (bicyclic) bond motifs is 1. The van der Waals surface area contributed by atoms with Crippen LogP contribution in [0.5, 0.6) is 0 Å². The lowest BCUT2D eigenvalue weighted by Crippen LogP contribution is -2.30. The van der Waals surface area contributed by atoms with Gasteiger partial charge in [-0.1, -0.05) is 6.07 Å². The van der Waals surface area contributed by atoms with Gasteiger partial charge in [-0.25, -0.2) is 0 Å². The molecule has 1 aliphatic heterocycles. The zero-order valence-electron chi connectivity index (χ0n) is 6.00. The van der Waals surface area contributed by atoms with Gasteiger partial charge in [0, 0.05) is 6.20 Å². The molecule has 1 amide bonds. The number of nitrogens with zero attached hydrogens (tertiary/aromatic N) is 1. The van der Waals surface area contributed by atoms with E-state index in [0.29, 0.717) is 13.0 Å². The smallest absolute Gasteiger partial charge is 0.224 e. The molecule has 0 saturated carbocycles. The van der Waals surface area contributed by atoms with E-state index in [-0.39, 0.29) is 5.91 Å². The maximum absolute atomic E-state index is 10.9. The van der Waals surface area contributed by atoms with Gasteiger partial charge >= 0.3 is 0 Å². The largest absolute Gasteiger partial charge is 0.350 e. The van der Waals surface area contributed by atoms with Crippen LogP contribution in [0.3, 0.4) is 0 Å². The van der Waals surface area contributed by atoms with E-state index >= 15 is 0 Å². The summed E-state index contributed by atoms with van der Waals surface area (Å²) in [6.45, 7) is 0.578. The molecule has 1 aliphatic rings. The van der Waals surface area contributed by atoms with Crippen LogP contribution in [-0.2, 0) is 17.8 Å². The quantitative estimate of drug-likeness (QED) is 0.573.